The summed E-state index contributed by atoms with van der Waals surface area (Å²) < 4.78 is 5.35. The van der Waals surface area contributed by atoms with E-state index < -0.39 is 0 Å². The first-order valence-electron chi connectivity index (χ1n) is 10.0. The van der Waals surface area contributed by atoms with Crippen molar-refractivity contribution in [3.8, 4) is 17.0 Å². The minimum absolute atomic E-state index is 0.137. The van der Waals surface area contributed by atoms with Crippen LogP contribution in [0.2, 0.25) is 0 Å². The Morgan fingerprint density at radius 2 is 1.80 bits per heavy atom. The smallest absolute Gasteiger partial charge is 0.256 e. The van der Waals surface area contributed by atoms with Crippen LogP contribution in [0, 0.1) is 6.92 Å². The lowest BCUT2D eigenvalue weighted by molar-refractivity contribution is 0.102. The van der Waals surface area contributed by atoms with Gasteiger partial charge in [-0.2, -0.15) is 0 Å². The lowest BCUT2D eigenvalue weighted by Gasteiger charge is -2.15. The highest BCUT2D eigenvalue weighted by Gasteiger charge is 2.16. The van der Waals surface area contributed by atoms with Gasteiger partial charge in [0.05, 0.1) is 23.9 Å². The predicted molar refractivity (Wildman–Crippen MR) is 122 cm³/mol. The van der Waals surface area contributed by atoms with E-state index in [1.165, 1.54) is 0 Å². The molecule has 4 heteroatoms. The lowest BCUT2D eigenvalue weighted by atomic mass is 10.0. The van der Waals surface area contributed by atoms with Crippen molar-refractivity contribution in [2.24, 2.45) is 0 Å². The van der Waals surface area contributed by atoms with Gasteiger partial charge in [0.2, 0.25) is 0 Å². The molecule has 0 fully saturated rings. The van der Waals surface area contributed by atoms with Crippen molar-refractivity contribution in [1.82, 2.24) is 4.98 Å². The van der Waals surface area contributed by atoms with Crippen molar-refractivity contribution < 1.29 is 9.53 Å². The Hall–Kier alpha value is -3.66. The molecular formula is C26H24N2O2. The van der Waals surface area contributed by atoms with Crippen LogP contribution in [0.3, 0.4) is 0 Å². The first kappa shape index (κ1) is 19.6. The highest BCUT2D eigenvalue weighted by Crippen LogP contribution is 2.29. The zero-order valence-corrected chi connectivity index (χ0v) is 17.4. The number of pyridine rings is 1. The molecule has 0 unspecified atom stereocenters. The quantitative estimate of drug-likeness (QED) is 0.448. The molecule has 30 heavy (non-hydrogen) atoms. The van der Waals surface area contributed by atoms with Crippen molar-refractivity contribution in [1.29, 1.82) is 0 Å². The van der Waals surface area contributed by atoms with Crippen molar-refractivity contribution in [2.75, 3.05) is 12.4 Å². The van der Waals surface area contributed by atoms with Gasteiger partial charge < -0.3 is 10.1 Å². The van der Waals surface area contributed by atoms with Crippen LogP contribution in [0.25, 0.3) is 22.2 Å². The standard InChI is InChI=1S/C26H24N2O2/c1-4-18-10-7-9-17(2)25(18)28-26(29)22-16-24(19-11-8-12-20(15-19)30-3)27-23-14-6-5-13-21(22)23/h5-16H,4H2,1-3H3,(H,28,29). The van der Waals surface area contributed by atoms with Crippen LogP contribution in [0.4, 0.5) is 5.69 Å². The van der Waals surface area contributed by atoms with Crippen LogP contribution in [0.5, 0.6) is 5.75 Å². The summed E-state index contributed by atoms with van der Waals surface area (Å²) in [5, 5.41) is 3.98. The molecule has 4 nitrogen and oxygen atoms in total. The third-order valence-electron chi connectivity index (χ3n) is 5.30. The number of amides is 1. The monoisotopic (exact) mass is 396 g/mol. The van der Waals surface area contributed by atoms with Crippen LogP contribution in [0.1, 0.15) is 28.4 Å². The van der Waals surface area contributed by atoms with Gasteiger partial charge in [0.15, 0.2) is 0 Å². The fourth-order valence-electron chi connectivity index (χ4n) is 3.68. The number of hydrogen-bond donors (Lipinski definition) is 1. The van der Waals surface area contributed by atoms with Gasteiger partial charge in [0.25, 0.3) is 5.91 Å². The van der Waals surface area contributed by atoms with Gasteiger partial charge >= 0.3 is 0 Å². The molecule has 0 atom stereocenters. The molecule has 1 amide bonds. The van der Waals surface area contributed by atoms with E-state index in [4.69, 9.17) is 9.72 Å². The Bertz CT molecular complexity index is 1230. The summed E-state index contributed by atoms with van der Waals surface area (Å²) in [4.78, 5) is 18.2. The average Bonchev–Trinajstić information content (AvgIpc) is 2.79. The number of hydrogen-bond acceptors (Lipinski definition) is 3. The number of para-hydroxylation sites is 2. The van der Waals surface area contributed by atoms with Crippen LogP contribution in [-0.4, -0.2) is 18.0 Å². The first-order valence-corrected chi connectivity index (χ1v) is 10.0. The van der Waals surface area contributed by atoms with E-state index in [-0.39, 0.29) is 5.91 Å². The largest absolute Gasteiger partial charge is 0.497 e. The molecule has 0 aliphatic rings. The van der Waals surface area contributed by atoms with E-state index in [1.807, 2.05) is 73.7 Å². The second-order valence-corrected chi connectivity index (χ2v) is 7.22. The predicted octanol–water partition coefficient (Wildman–Crippen LogP) is 6.03. The summed E-state index contributed by atoms with van der Waals surface area (Å²) in [5.41, 5.74) is 6.07. The number of nitrogens with zero attached hydrogens (tertiary/aromatic N) is 1. The number of ether oxygens (including phenoxy) is 1. The van der Waals surface area contributed by atoms with Gasteiger partial charge in [-0.1, -0.05) is 55.5 Å². The van der Waals surface area contributed by atoms with E-state index in [1.54, 1.807) is 7.11 Å². The van der Waals surface area contributed by atoms with Gasteiger partial charge in [-0.15, -0.1) is 0 Å². The van der Waals surface area contributed by atoms with E-state index >= 15 is 0 Å². The zero-order chi connectivity index (χ0) is 21.1. The average molecular weight is 396 g/mol. The number of benzene rings is 3. The number of anilines is 1. The zero-order valence-electron chi connectivity index (χ0n) is 17.4. The first-order chi connectivity index (χ1) is 14.6. The molecule has 0 saturated carbocycles. The molecule has 0 saturated heterocycles. The highest BCUT2D eigenvalue weighted by atomic mass is 16.5. The Balaban J connectivity index is 1.83. The van der Waals surface area contributed by atoms with E-state index in [9.17, 15) is 4.79 Å². The maximum absolute atomic E-state index is 13.4. The number of rotatable bonds is 5. The molecule has 1 heterocycles. The molecule has 1 N–H and O–H groups in total. The molecule has 0 aliphatic heterocycles. The molecular weight excluding hydrogens is 372 g/mol. The molecule has 0 bridgehead atoms. The third kappa shape index (κ3) is 3.77. The Morgan fingerprint density at radius 3 is 2.60 bits per heavy atom. The molecule has 4 aromatic rings. The van der Waals surface area contributed by atoms with Crippen molar-refractivity contribution >= 4 is 22.5 Å². The number of aryl methyl sites for hydroxylation is 2. The Labute approximate surface area is 176 Å². The Kier molecular flexibility index (Phi) is 5.48. The van der Waals surface area contributed by atoms with Crippen molar-refractivity contribution in [2.45, 2.75) is 20.3 Å². The number of methoxy groups -OCH3 is 1. The summed E-state index contributed by atoms with van der Waals surface area (Å²) in [6, 6.07) is 23.4. The summed E-state index contributed by atoms with van der Waals surface area (Å²) >= 11 is 0. The topological polar surface area (TPSA) is 51.2 Å². The molecule has 0 spiro atoms. The Morgan fingerprint density at radius 1 is 1.00 bits per heavy atom. The molecule has 0 aliphatic carbocycles. The molecule has 1 aromatic heterocycles. The van der Waals surface area contributed by atoms with Gasteiger partial charge in [0, 0.05) is 16.6 Å². The highest BCUT2D eigenvalue weighted by molar-refractivity contribution is 6.13. The third-order valence-corrected chi connectivity index (χ3v) is 5.30. The molecule has 3 aromatic carbocycles. The number of fused-ring (bicyclic) bond motifs is 1. The van der Waals surface area contributed by atoms with Crippen LogP contribution in [-0.2, 0) is 6.42 Å². The summed E-state index contributed by atoms with van der Waals surface area (Å²) in [6.07, 6.45) is 0.851. The summed E-state index contributed by atoms with van der Waals surface area (Å²) in [5.74, 6) is 0.614. The summed E-state index contributed by atoms with van der Waals surface area (Å²) in [6.45, 7) is 4.11. The summed E-state index contributed by atoms with van der Waals surface area (Å²) in [7, 11) is 1.64. The molecule has 150 valence electrons. The number of nitrogens with one attached hydrogen (secondary N) is 1. The van der Waals surface area contributed by atoms with E-state index in [0.717, 1.165) is 51.1 Å². The van der Waals surface area contributed by atoms with E-state index in [0.29, 0.717) is 5.56 Å². The maximum Gasteiger partial charge on any atom is 0.256 e. The van der Waals surface area contributed by atoms with Crippen molar-refractivity contribution in [3.05, 3.63) is 89.5 Å². The minimum atomic E-state index is -0.137. The second-order valence-electron chi connectivity index (χ2n) is 7.22. The normalized spacial score (nSPS) is 10.8. The molecule has 4 rings (SSSR count). The second kappa shape index (κ2) is 8.37. The van der Waals surface area contributed by atoms with Gasteiger partial charge in [-0.25, -0.2) is 4.98 Å². The fourth-order valence-corrected chi connectivity index (χ4v) is 3.68. The SMILES string of the molecule is CCc1cccc(C)c1NC(=O)c1cc(-c2cccc(OC)c2)nc2ccccc12. The number of carbonyl (C=O) groups excluding carboxylic acids is 1. The number of aromatic nitrogens is 1. The van der Waals surface area contributed by atoms with Crippen LogP contribution >= 0.6 is 0 Å². The minimum Gasteiger partial charge on any atom is -0.497 e. The maximum atomic E-state index is 13.4. The lowest BCUT2D eigenvalue weighted by Crippen LogP contribution is -2.15. The molecule has 0 radical (unpaired) electrons. The van der Waals surface area contributed by atoms with Gasteiger partial charge in [-0.05, 0) is 48.7 Å². The van der Waals surface area contributed by atoms with Crippen LogP contribution < -0.4 is 10.1 Å². The van der Waals surface area contributed by atoms with Crippen molar-refractivity contribution in [3.63, 3.8) is 0 Å². The van der Waals surface area contributed by atoms with Crippen LogP contribution in [0.15, 0.2) is 72.8 Å². The van der Waals surface area contributed by atoms with Gasteiger partial charge in [0.1, 0.15) is 5.75 Å². The fraction of sp³-hybridized carbons (Fsp3) is 0.154. The van der Waals surface area contributed by atoms with Gasteiger partial charge in [-0.3, -0.25) is 4.79 Å². The van der Waals surface area contributed by atoms with E-state index in [2.05, 4.69) is 18.3 Å². The number of carbonyl (C=O) groups is 1.